The summed E-state index contributed by atoms with van der Waals surface area (Å²) in [7, 11) is 3.19. The summed E-state index contributed by atoms with van der Waals surface area (Å²) in [6.07, 6.45) is 0. The summed E-state index contributed by atoms with van der Waals surface area (Å²) in [5.41, 5.74) is 0.516. The zero-order valence-electron chi connectivity index (χ0n) is 9.25. The van der Waals surface area contributed by atoms with Crippen LogP contribution in [0, 0.1) is 0 Å². The molecular weight excluding hydrogens is 274 g/mol. The van der Waals surface area contributed by atoms with E-state index >= 15 is 0 Å². The zero-order valence-corrected chi connectivity index (χ0v) is 10.8. The molecule has 4 nitrogen and oxygen atoms in total. The molecule has 0 saturated heterocycles. The number of carbonyl (C=O) groups is 1. The van der Waals surface area contributed by atoms with Crippen LogP contribution in [-0.2, 0) is 4.74 Å². The van der Waals surface area contributed by atoms with E-state index in [0.29, 0.717) is 24.5 Å². The van der Waals surface area contributed by atoms with Gasteiger partial charge in [-0.3, -0.25) is 4.79 Å². The van der Waals surface area contributed by atoms with Crippen LogP contribution in [0.5, 0.6) is 5.75 Å². The molecule has 0 aromatic heterocycles. The Labute approximate surface area is 103 Å². The number of hydrogen-bond donors (Lipinski definition) is 1. The first-order valence-electron chi connectivity index (χ1n) is 4.82. The van der Waals surface area contributed by atoms with Crippen molar-refractivity contribution in [2.75, 3.05) is 27.4 Å². The lowest BCUT2D eigenvalue weighted by molar-refractivity contribution is 0.0955. The lowest BCUT2D eigenvalue weighted by Gasteiger charge is -2.10. The molecule has 0 unspecified atom stereocenters. The van der Waals surface area contributed by atoms with Crippen molar-refractivity contribution < 1.29 is 14.3 Å². The van der Waals surface area contributed by atoms with E-state index < -0.39 is 0 Å². The molecule has 1 aromatic rings. The second-order valence-electron chi connectivity index (χ2n) is 3.06. The monoisotopic (exact) mass is 287 g/mol. The number of halogens is 1. The van der Waals surface area contributed by atoms with Crippen molar-refractivity contribution >= 4 is 21.8 Å². The van der Waals surface area contributed by atoms with Gasteiger partial charge in [0.05, 0.1) is 12.2 Å². The number of hydrogen-bond acceptors (Lipinski definition) is 3. The van der Waals surface area contributed by atoms with Gasteiger partial charge < -0.3 is 14.8 Å². The van der Waals surface area contributed by atoms with Gasteiger partial charge in [-0.05, 0) is 18.2 Å². The minimum Gasteiger partial charge on any atom is -0.490 e. The molecule has 0 saturated carbocycles. The van der Waals surface area contributed by atoms with Gasteiger partial charge in [-0.25, -0.2) is 0 Å². The Kier molecular flexibility index (Phi) is 5.28. The highest BCUT2D eigenvalue weighted by molar-refractivity contribution is 9.10. The summed E-state index contributed by atoms with van der Waals surface area (Å²) in [4.78, 5) is 11.5. The average Bonchev–Trinajstić information content (AvgIpc) is 2.29. The Bertz CT molecular complexity index is 368. The first-order valence-corrected chi connectivity index (χ1v) is 5.61. The second kappa shape index (κ2) is 6.50. The van der Waals surface area contributed by atoms with Gasteiger partial charge in [-0.15, -0.1) is 0 Å². The van der Waals surface area contributed by atoms with Gasteiger partial charge in [0.25, 0.3) is 5.91 Å². The molecule has 0 bridgehead atoms. The Hall–Kier alpha value is -1.07. The van der Waals surface area contributed by atoms with Gasteiger partial charge in [-0.1, -0.05) is 15.9 Å². The van der Waals surface area contributed by atoms with Crippen LogP contribution < -0.4 is 10.1 Å². The molecule has 0 radical (unpaired) electrons. The molecule has 88 valence electrons. The second-order valence-corrected chi connectivity index (χ2v) is 3.98. The van der Waals surface area contributed by atoms with Gasteiger partial charge in [0.1, 0.15) is 12.4 Å². The van der Waals surface area contributed by atoms with Gasteiger partial charge in [0.2, 0.25) is 0 Å². The molecule has 0 aliphatic heterocycles. The van der Waals surface area contributed by atoms with Crippen molar-refractivity contribution in [1.29, 1.82) is 0 Å². The fourth-order valence-corrected chi connectivity index (χ4v) is 1.51. The predicted molar refractivity (Wildman–Crippen MR) is 64.9 cm³/mol. The number of rotatable bonds is 5. The topological polar surface area (TPSA) is 47.6 Å². The summed E-state index contributed by atoms with van der Waals surface area (Å²) in [5, 5.41) is 2.57. The number of methoxy groups -OCH3 is 1. The number of amides is 1. The van der Waals surface area contributed by atoms with Crippen LogP contribution in [0.4, 0.5) is 0 Å². The fourth-order valence-electron chi connectivity index (χ4n) is 1.17. The first-order chi connectivity index (χ1) is 7.69. The summed E-state index contributed by atoms with van der Waals surface area (Å²) in [5.74, 6) is 0.380. The Balaban J connectivity index is 2.85. The highest BCUT2D eigenvalue weighted by Gasteiger charge is 2.11. The number of nitrogens with one attached hydrogen (secondary N) is 1. The van der Waals surface area contributed by atoms with E-state index in [-0.39, 0.29) is 5.91 Å². The molecule has 0 heterocycles. The van der Waals surface area contributed by atoms with Crippen LogP contribution in [0.2, 0.25) is 0 Å². The van der Waals surface area contributed by atoms with Crippen LogP contribution in [0.25, 0.3) is 0 Å². The van der Waals surface area contributed by atoms with Gasteiger partial charge in [-0.2, -0.15) is 0 Å². The van der Waals surface area contributed by atoms with Crippen molar-refractivity contribution in [2.45, 2.75) is 0 Å². The largest absolute Gasteiger partial charge is 0.490 e. The summed E-state index contributed by atoms with van der Waals surface area (Å²) in [6.45, 7) is 0.899. The van der Waals surface area contributed by atoms with Crippen molar-refractivity contribution in [3.8, 4) is 5.75 Å². The molecule has 1 rings (SSSR count). The molecule has 16 heavy (non-hydrogen) atoms. The lowest BCUT2D eigenvalue weighted by atomic mass is 10.2. The van der Waals surface area contributed by atoms with Crippen molar-refractivity contribution in [2.24, 2.45) is 0 Å². The molecule has 1 amide bonds. The van der Waals surface area contributed by atoms with E-state index in [4.69, 9.17) is 9.47 Å². The lowest BCUT2D eigenvalue weighted by Crippen LogP contribution is -2.19. The quantitative estimate of drug-likeness (QED) is 0.841. The van der Waals surface area contributed by atoms with Crippen molar-refractivity contribution in [3.05, 3.63) is 28.2 Å². The van der Waals surface area contributed by atoms with Gasteiger partial charge >= 0.3 is 0 Å². The van der Waals surface area contributed by atoms with E-state index in [9.17, 15) is 4.79 Å². The minimum atomic E-state index is -0.167. The number of ether oxygens (including phenoxy) is 2. The highest BCUT2D eigenvalue weighted by Crippen LogP contribution is 2.23. The first kappa shape index (κ1) is 13.0. The van der Waals surface area contributed by atoms with Crippen LogP contribution in [-0.4, -0.2) is 33.3 Å². The maximum atomic E-state index is 11.5. The third-order valence-electron chi connectivity index (χ3n) is 1.96. The molecule has 1 aromatic carbocycles. The molecule has 1 N–H and O–H groups in total. The maximum absolute atomic E-state index is 11.5. The average molecular weight is 288 g/mol. The third kappa shape index (κ3) is 3.50. The molecular formula is C11H14BrNO3. The number of carbonyl (C=O) groups excluding carboxylic acids is 1. The molecule has 0 spiro atoms. The predicted octanol–water partition coefficient (Wildman–Crippen LogP) is 1.83. The standard InChI is InChI=1S/C11H14BrNO3/c1-13-11(14)9-4-3-8(12)7-10(9)16-6-5-15-2/h3-4,7H,5-6H2,1-2H3,(H,13,14). The summed E-state index contributed by atoms with van der Waals surface area (Å²) >= 11 is 3.33. The van der Waals surface area contributed by atoms with E-state index in [1.54, 1.807) is 32.4 Å². The Morgan fingerprint density at radius 1 is 1.44 bits per heavy atom. The van der Waals surface area contributed by atoms with Crippen molar-refractivity contribution in [3.63, 3.8) is 0 Å². The van der Waals surface area contributed by atoms with E-state index in [1.165, 1.54) is 0 Å². The van der Waals surface area contributed by atoms with E-state index in [2.05, 4.69) is 21.2 Å². The highest BCUT2D eigenvalue weighted by atomic mass is 79.9. The Morgan fingerprint density at radius 2 is 2.19 bits per heavy atom. The van der Waals surface area contributed by atoms with Crippen LogP contribution in [0.3, 0.4) is 0 Å². The van der Waals surface area contributed by atoms with Gasteiger partial charge in [0.15, 0.2) is 0 Å². The smallest absolute Gasteiger partial charge is 0.254 e. The molecule has 0 aliphatic carbocycles. The molecule has 0 aliphatic rings. The summed E-state index contributed by atoms with van der Waals surface area (Å²) < 4.78 is 11.2. The Morgan fingerprint density at radius 3 is 2.81 bits per heavy atom. The molecule has 0 fully saturated rings. The van der Waals surface area contributed by atoms with E-state index in [1.807, 2.05) is 0 Å². The van der Waals surface area contributed by atoms with Crippen LogP contribution in [0.15, 0.2) is 22.7 Å². The zero-order chi connectivity index (χ0) is 12.0. The summed E-state index contributed by atoms with van der Waals surface area (Å²) in [6, 6.07) is 5.28. The maximum Gasteiger partial charge on any atom is 0.254 e. The van der Waals surface area contributed by atoms with Crippen LogP contribution >= 0.6 is 15.9 Å². The van der Waals surface area contributed by atoms with Gasteiger partial charge in [0, 0.05) is 18.6 Å². The number of benzene rings is 1. The van der Waals surface area contributed by atoms with Crippen molar-refractivity contribution in [1.82, 2.24) is 5.32 Å². The van der Waals surface area contributed by atoms with Crippen LogP contribution in [0.1, 0.15) is 10.4 Å². The SMILES string of the molecule is CNC(=O)c1ccc(Br)cc1OCCOC. The molecule has 0 atom stereocenters. The fraction of sp³-hybridized carbons (Fsp3) is 0.364. The van der Waals surface area contributed by atoms with E-state index in [0.717, 1.165) is 4.47 Å². The molecule has 5 heteroatoms. The normalized spacial score (nSPS) is 9.94. The minimum absolute atomic E-state index is 0.167. The third-order valence-corrected chi connectivity index (χ3v) is 2.45.